The van der Waals surface area contributed by atoms with E-state index in [1.807, 2.05) is 19.1 Å². The highest BCUT2D eigenvalue weighted by Gasteiger charge is 2.20. The van der Waals surface area contributed by atoms with Crippen LogP contribution in [-0.4, -0.2) is 27.5 Å². The molecule has 3 rings (SSSR count). The van der Waals surface area contributed by atoms with E-state index < -0.39 is 5.97 Å². The van der Waals surface area contributed by atoms with Crippen LogP contribution in [0.4, 0.5) is 0 Å². The van der Waals surface area contributed by atoms with Crippen LogP contribution in [0.1, 0.15) is 11.3 Å². The number of hydrogen-bond donors (Lipinski definition) is 1. The van der Waals surface area contributed by atoms with Crippen molar-refractivity contribution in [2.45, 2.75) is 19.9 Å². The van der Waals surface area contributed by atoms with Crippen molar-refractivity contribution in [2.24, 2.45) is 0 Å². The first kappa shape index (κ1) is 11.8. The predicted octanol–water partition coefficient (Wildman–Crippen LogP) is 1.88. The third-order valence-electron chi connectivity index (χ3n) is 3.39. The van der Waals surface area contributed by atoms with Crippen molar-refractivity contribution in [3.63, 3.8) is 0 Å². The Hall–Kier alpha value is -2.30. The Kier molecular flexibility index (Phi) is 2.74. The molecule has 0 saturated heterocycles. The Morgan fingerprint density at radius 2 is 2.32 bits per heavy atom. The maximum absolute atomic E-state index is 10.8. The lowest BCUT2D eigenvalue weighted by Gasteiger charge is -2.08. The van der Waals surface area contributed by atoms with Gasteiger partial charge in [-0.1, -0.05) is 18.2 Å². The van der Waals surface area contributed by atoms with Crippen LogP contribution in [0, 0.1) is 6.92 Å². The van der Waals surface area contributed by atoms with Gasteiger partial charge in [0.15, 0.2) is 0 Å². The molecule has 0 spiro atoms. The number of carboxylic acid groups (broad SMARTS) is 1. The number of fused-ring (bicyclic) bond motifs is 1. The van der Waals surface area contributed by atoms with Crippen molar-refractivity contribution in [3.05, 3.63) is 35.7 Å². The smallest absolute Gasteiger partial charge is 0.325 e. The molecule has 2 heterocycles. The lowest BCUT2D eigenvalue weighted by atomic mass is 10.0. The third kappa shape index (κ3) is 1.97. The lowest BCUT2D eigenvalue weighted by Crippen LogP contribution is -2.11. The van der Waals surface area contributed by atoms with Gasteiger partial charge in [0.2, 0.25) is 0 Å². The number of aliphatic carboxylic acids is 1. The Morgan fingerprint density at radius 3 is 3.11 bits per heavy atom. The van der Waals surface area contributed by atoms with Gasteiger partial charge in [0, 0.05) is 23.2 Å². The Balaban J connectivity index is 2.06. The van der Waals surface area contributed by atoms with Gasteiger partial charge in [-0.2, -0.15) is 5.10 Å². The Morgan fingerprint density at radius 1 is 1.47 bits per heavy atom. The molecule has 5 heteroatoms. The first-order chi connectivity index (χ1) is 9.16. The summed E-state index contributed by atoms with van der Waals surface area (Å²) in [5.41, 5.74) is 3.96. The quantitative estimate of drug-likeness (QED) is 0.913. The van der Waals surface area contributed by atoms with Gasteiger partial charge < -0.3 is 9.84 Å². The average Bonchev–Trinajstić information content (AvgIpc) is 2.97. The largest absolute Gasteiger partial charge is 0.492 e. The van der Waals surface area contributed by atoms with Crippen LogP contribution in [0.15, 0.2) is 24.4 Å². The summed E-state index contributed by atoms with van der Waals surface area (Å²) in [7, 11) is 0. The first-order valence-electron chi connectivity index (χ1n) is 6.16. The van der Waals surface area contributed by atoms with Crippen molar-refractivity contribution in [1.82, 2.24) is 9.78 Å². The second kappa shape index (κ2) is 4.42. The van der Waals surface area contributed by atoms with Crippen LogP contribution in [0.25, 0.3) is 11.1 Å². The molecule has 0 fully saturated rings. The second-order valence-corrected chi connectivity index (χ2v) is 4.59. The number of benzene rings is 1. The minimum atomic E-state index is -0.896. The number of carbonyl (C=O) groups is 1. The number of ether oxygens (including phenoxy) is 1. The molecule has 0 unspecified atom stereocenters. The van der Waals surface area contributed by atoms with Gasteiger partial charge in [-0.05, 0) is 12.5 Å². The van der Waals surface area contributed by atoms with Gasteiger partial charge >= 0.3 is 5.97 Å². The van der Waals surface area contributed by atoms with E-state index in [4.69, 9.17) is 9.84 Å². The third-order valence-corrected chi connectivity index (χ3v) is 3.39. The van der Waals surface area contributed by atoms with Gasteiger partial charge in [-0.3, -0.25) is 9.48 Å². The van der Waals surface area contributed by atoms with Crippen LogP contribution in [-0.2, 0) is 17.8 Å². The summed E-state index contributed by atoms with van der Waals surface area (Å²) in [6.45, 7) is 2.45. The number of nitrogens with zero attached hydrogens (tertiary/aromatic N) is 2. The molecule has 19 heavy (non-hydrogen) atoms. The van der Waals surface area contributed by atoms with Crippen molar-refractivity contribution < 1.29 is 14.6 Å². The van der Waals surface area contributed by atoms with Crippen LogP contribution < -0.4 is 4.74 Å². The fraction of sp³-hybridized carbons (Fsp3) is 0.286. The van der Waals surface area contributed by atoms with E-state index in [1.165, 1.54) is 10.2 Å². The Labute approximate surface area is 110 Å². The normalized spacial score (nSPS) is 13.1. The minimum absolute atomic E-state index is 0.123. The molecule has 1 N–H and O–H groups in total. The van der Waals surface area contributed by atoms with Crippen LogP contribution in [0.3, 0.4) is 0 Å². The van der Waals surface area contributed by atoms with Gasteiger partial charge in [0.1, 0.15) is 12.3 Å². The first-order valence-corrected chi connectivity index (χ1v) is 6.16. The fourth-order valence-corrected chi connectivity index (χ4v) is 2.43. The highest BCUT2D eigenvalue weighted by Crippen LogP contribution is 2.37. The summed E-state index contributed by atoms with van der Waals surface area (Å²) in [5, 5.41) is 13.0. The van der Waals surface area contributed by atoms with Crippen LogP contribution in [0.5, 0.6) is 5.75 Å². The van der Waals surface area contributed by atoms with E-state index in [0.29, 0.717) is 6.61 Å². The minimum Gasteiger partial charge on any atom is -0.492 e. The number of rotatable bonds is 3. The molecule has 0 radical (unpaired) electrons. The summed E-state index contributed by atoms with van der Waals surface area (Å²) in [4.78, 5) is 10.8. The molecular weight excluding hydrogens is 244 g/mol. The monoisotopic (exact) mass is 258 g/mol. The molecule has 5 nitrogen and oxygen atoms in total. The van der Waals surface area contributed by atoms with Crippen LogP contribution >= 0.6 is 0 Å². The summed E-state index contributed by atoms with van der Waals surface area (Å²) in [6.07, 6.45) is 2.63. The summed E-state index contributed by atoms with van der Waals surface area (Å²) in [5.74, 6) is 0.00719. The molecule has 0 bridgehead atoms. The average molecular weight is 258 g/mol. The summed E-state index contributed by atoms with van der Waals surface area (Å²) >= 11 is 0. The molecule has 0 saturated carbocycles. The zero-order valence-electron chi connectivity index (χ0n) is 10.6. The van der Waals surface area contributed by atoms with E-state index in [9.17, 15) is 4.79 Å². The van der Waals surface area contributed by atoms with E-state index in [2.05, 4.69) is 11.2 Å². The SMILES string of the molecule is Cc1c(-c2cccc3c2OCC3)cnn1CC(=O)O. The molecule has 98 valence electrons. The highest BCUT2D eigenvalue weighted by atomic mass is 16.5. The molecule has 1 aliphatic rings. The van der Waals surface area contributed by atoms with Crippen LogP contribution in [0.2, 0.25) is 0 Å². The molecule has 1 aromatic carbocycles. The number of aromatic nitrogens is 2. The van der Waals surface area contributed by atoms with Crippen molar-refractivity contribution >= 4 is 5.97 Å². The highest BCUT2D eigenvalue weighted by molar-refractivity contribution is 5.74. The zero-order valence-corrected chi connectivity index (χ0v) is 10.6. The van der Waals surface area contributed by atoms with E-state index >= 15 is 0 Å². The van der Waals surface area contributed by atoms with Gasteiger partial charge in [0.05, 0.1) is 12.8 Å². The molecule has 0 amide bonds. The van der Waals surface area contributed by atoms with E-state index in [-0.39, 0.29) is 6.54 Å². The maximum atomic E-state index is 10.8. The second-order valence-electron chi connectivity index (χ2n) is 4.59. The topological polar surface area (TPSA) is 64.4 Å². The van der Waals surface area contributed by atoms with E-state index in [1.54, 1.807) is 6.20 Å². The van der Waals surface area contributed by atoms with Crippen molar-refractivity contribution in [3.8, 4) is 16.9 Å². The molecule has 1 aliphatic heterocycles. The van der Waals surface area contributed by atoms with Gasteiger partial charge in [0.25, 0.3) is 0 Å². The standard InChI is InChI=1S/C14H14N2O3/c1-9-12(7-15-16(9)8-13(17)18)11-4-2-3-10-5-6-19-14(10)11/h2-4,7H,5-6,8H2,1H3,(H,17,18). The zero-order chi connectivity index (χ0) is 13.4. The summed E-state index contributed by atoms with van der Waals surface area (Å²) < 4.78 is 7.17. The maximum Gasteiger partial charge on any atom is 0.325 e. The molecule has 0 aliphatic carbocycles. The molecule has 1 aromatic heterocycles. The number of carboxylic acids is 1. The van der Waals surface area contributed by atoms with E-state index in [0.717, 1.165) is 29.0 Å². The van der Waals surface area contributed by atoms with Crippen molar-refractivity contribution in [1.29, 1.82) is 0 Å². The fourth-order valence-electron chi connectivity index (χ4n) is 2.43. The van der Waals surface area contributed by atoms with Gasteiger partial charge in [-0.25, -0.2) is 0 Å². The van der Waals surface area contributed by atoms with Gasteiger partial charge in [-0.15, -0.1) is 0 Å². The van der Waals surface area contributed by atoms with Crippen molar-refractivity contribution in [2.75, 3.05) is 6.61 Å². The molecule has 2 aromatic rings. The number of hydrogen-bond acceptors (Lipinski definition) is 3. The molecular formula is C14H14N2O3. The summed E-state index contributed by atoms with van der Waals surface area (Å²) in [6, 6.07) is 6.04. The predicted molar refractivity (Wildman–Crippen MR) is 69.2 cm³/mol. The molecule has 0 atom stereocenters. The lowest BCUT2D eigenvalue weighted by molar-refractivity contribution is -0.137. The number of para-hydroxylation sites is 1. The Bertz CT molecular complexity index is 646.